The standard InChI is InChI=1S/C21H22N4O3S/c1-23-20(27)18(16(26)13-24-9-7-17-15(12-24)8-10-29-17)19(22)25(21(23)28)11-14-5-3-2-4-6-14/h2-6,8,10H,7,9,11-13,22H2,1H3. The van der Waals surface area contributed by atoms with Crippen molar-refractivity contribution in [2.75, 3.05) is 18.8 Å². The van der Waals surface area contributed by atoms with Crippen molar-refractivity contribution in [2.24, 2.45) is 7.05 Å². The highest BCUT2D eigenvalue weighted by Gasteiger charge is 2.25. The van der Waals surface area contributed by atoms with Gasteiger partial charge in [0.15, 0.2) is 5.78 Å². The Morgan fingerprint density at radius 3 is 2.69 bits per heavy atom. The van der Waals surface area contributed by atoms with Crippen molar-refractivity contribution in [3.8, 4) is 0 Å². The topological polar surface area (TPSA) is 90.3 Å². The summed E-state index contributed by atoms with van der Waals surface area (Å²) in [6.07, 6.45) is 0.890. The maximum absolute atomic E-state index is 13.0. The molecule has 150 valence electrons. The quantitative estimate of drug-likeness (QED) is 0.644. The van der Waals surface area contributed by atoms with Crippen LogP contribution >= 0.6 is 11.3 Å². The SMILES string of the molecule is Cn1c(=O)c(C(=O)CN2CCc3sccc3C2)c(N)n(Cc2ccccc2)c1=O. The molecule has 3 aromatic rings. The minimum Gasteiger partial charge on any atom is -0.384 e. The van der Waals surface area contributed by atoms with Crippen molar-refractivity contribution in [1.29, 1.82) is 0 Å². The molecule has 2 aromatic heterocycles. The Labute approximate surface area is 171 Å². The van der Waals surface area contributed by atoms with E-state index < -0.39 is 11.2 Å². The third kappa shape index (κ3) is 3.68. The van der Waals surface area contributed by atoms with Gasteiger partial charge in [0.25, 0.3) is 5.56 Å². The monoisotopic (exact) mass is 410 g/mol. The molecule has 1 aromatic carbocycles. The zero-order valence-corrected chi connectivity index (χ0v) is 16.9. The van der Waals surface area contributed by atoms with Crippen LogP contribution in [0, 0.1) is 0 Å². The molecule has 0 radical (unpaired) electrons. The number of hydrogen-bond acceptors (Lipinski definition) is 6. The van der Waals surface area contributed by atoms with Gasteiger partial charge in [-0.05, 0) is 29.0 Å². The van der Waals surface area contributed by atoms with Crippen molar-refractivity contribution in [3.05, 3.63) is 84.2 Å². The molecule has 0 saturated heterocycles. The van der Waals surface area contributed by atoms with E-state index >= 15 is 0 Å². The van der Waals surface area contributed by atoms with Crippen LogP contribution < -0.4 is 17.0 Å². The molecule has 29 heavy (non-hydrogen) atoms. The summed E-state index contributed by atoms with van der Waals surface area (Å²) in [7, 11) is 1.38. The number of ketones is 1. The van der Waals surface area contributed by atoms with E-state index in [-0.39, 0.29) is 30.3 Å². The Hall–Kier alpha value is -2.97. The van der Waals surface area contributed by atoms with Gasteiger partial charge in [-0.3, -0.25) is 23.6 Å². The second-order valence-electron chi connectivity index (χ2n) is 7.23. The van der Waals surface area contributed by atoms with Crippen LogP contribution in [0.1, 0.15) is 26.4 Å². The Bertz CT molecular complexity index is 1180. The van der Waals surface area contributed by atoms with Crippen LogP contribution in [0.15, 0.2) is 51.4 Å². The number of rotatable bonds is 5. The number of Topliss-reactive ketones (excluding diaryl/α,β-unsaturated/α-hetero) is 1. The lowest BCUT2D eigenvalue weighted by molar-refractivity contribution is 0.0920. The number of fused-ring (bicyclic) bond motifs is 1. The van der Waals surface area contributed by atoms with Gasteiger partial charge in [0, 0.05) is 25.0 Å². The minimum absolute atomic E-state index is 0.0693. The summed E-state index contributed by atoms with van der Waals surface area (Å²) in [5.74, 6) is -0.427. The summed E-state index contributed by atoms with van der Waals surface area (Å²) in [6.45, 7) is 1.72. The number of hydrogen-bond donors (Lipinski definition) is 1. The highest BCUT2D eigenvalue weighted by Crippen LogP contribution is 2.24. The van der Waals surface area contributed by atoms with Crippen molar-refractivity contribution >= 4 is 22.9 Å². The fraction of sp³-hybridized carbons (Fsp3) is 0.286. The van der Waals surface area contributed by atoms with Gasteiger partial charge in [-0.25, -0.2) is 4.79 Å². The van der Waals surface area contributed by atoms with Gasteiger partial charge in [-0.1, -0.05) is 30.3 Å². The Kier molecular flexibility index (Phi) is 5.21. The number of benzene rings is 1. The third-order valence-electron chi connectivity index (χ3n) is 5.30. The normalized spacial score (nSPS) is 14.0. The maximum atomic E-state index is 13.0. The number of thiophene rings is 1. The van der Waals surface area contributed by atoms with Crippen LogP contribution in [-0.2, 0) is 26.6 Å². The van der Waals surface area contributed by atoms with Crippen molar-refractivity contribution in [2.45, 2.75) is 19.5 Å². The lowest BCUT2D eigenvalue weighted by atomic mass is 10.1. The molecule has 0 bridgehead atoms. The first-order valence-electron chi connectivity index (χ1n) is 9.39. The number of anilines is 1. The average molecular weight is 410 g/mol. The zero-order valence-electron chi connectivity index (χ0n) is 16.1. The first-order valence-corrected chi connectivity index (χ1v) is 10.3. The molecule has 8 heteroatoms. The van der Waals surface area contributed by atoms with Crippen LogP contribution in [0.2, 0.25) is 0 Å². The van der Waals surface area contributed by atoms with Crippen LogP contribution in [-0.4, -0.2) is 32.9 Å². The molecular formula is C21H22N4O3S. The summed E-state index contributed by atoms with van der Waals surface area (Å²) < 4.78 is 2.25. The molecule has 0 amide bonds. The number of nitrogen functional groups attached to an aromatic ring is 1. The number of aromatic nitrogens is 2. The van der Waals surface area contributed by atoms with Crippen molar-refractivity contribution in [3.63, 3.8) is 0 Å². The van der Waals surface area contributed by atoms with E-state index in [1.54, 1.807) is 11.3 Å². The lowest BCUT2D eigenvalue weighted by Gasteiger charge is -2.26. The van der Waals surface area contributed by atoms with Gasteiger partial charge < -0.3 is 5.73 Å². The second-order valence-corrected chi connectivity index (χ2v) is 8.23. The predicted octanol–water partition coefficient (Wildman–Crippen LogP) is 1.48. The molecule has 0 unspecified atom stereocenters. The van der Waals surface area contributed by atoms with E-state index in [9.17, 15) is 14.4 Å². The number of nitrogens with zero attached hydrogens (tertiary/aromatic N) is 3. The first-order chi connectivity index (χ1) is 14.0. The van der Waals surface area contributed by atoms with Crippen LogP contribution in [0.5, 0.6) is 0 Å². The van der Waals surface area contributed by atoms with Gasteiger partial charge in [-0.2, -0.15) is 0 Å². The largest absolute Gasteiger partial charge is 0.384 e. The molecule has 0 saturated carbocycles. The Morgan fingerprint density at radius 2 is 1.93 bits per heavy atom. The van der Waals surface area contributed by atoms with Crippen LogP contribution in [0.25, 0.3) is 0 Å². The molecule has 7 nitrogen and oxygen atoms in total. The summed E-state index contributed by atoms with van der Waals surface area (Å²) in [5.41, 5.74) is 6.98. The van der Waals surface area contributed by atoms with E-state index in [1.807, 2.05) is 35.2 Å². The van der Waals surface area contributed by atoms with E-state index in [0.717, 1.165) is 23.1 Å². The van der Waals surface area contributed by atoms with Crippen LogP contribution in [0.4, 0.5) is 5.82 Å². The summed E-state index contributed by atoms with van der Waals surface area (Å²) in [5, 5.41) is 2.06. The molecule has 1 aliphatic rings. The van der Waals surface area contributed by atoms with E-state index in [1.165, 1.54) is 22.1 Å². The molecule has 1 aliphatic heterocycles. The Balaban J connectivity index is 1.65. The first kappa shape index (κ1) is 19.4. The van der Waals surface area contributed by atoms with E-state index in [2.05, 4.69) is 11.4 Å². The van der Waals surface area contributed by atoms with Gasteiger partial charge in [-0.15, -0.1) is 11.3 Å². The Morgan fingerprint density at radius 1 is 1.17 bits per heavy atom. The average Bonchev–Trinajstić information content (AvgIpc) is 3.18. The van der Waals surface area contributed by atoms with Crippen molar-refractivity contribution < 1.29 is 4.79 Å². The molecule has 0 fully saturated rings. The van der Waals surface area contributed by atoms with Crippen molar-refractivity contribution in [1.82, 2.24) is 14.0 Å². The maximum Gasteiger partial charge on any atom is 0.332 e. The van der Waals surface area contributed by atoms with E-state index in [4.69, 9.17) is 5.73 Å². The highest BCUT2D eigenvalue weighted by molar-refractivity contribution is 7.10. The second kappa shape index (κ2) is 7.81. The van der Waals surface area contributed by atoms with Gasteiger partial charge >= 0.3 is 5.69 Å². The van der Waals surface area contributed by atoms with Crippen LogP contribution in [0.3, 0.4) is 0 Å². The number of carbonyl (C=O) groups is 1. The van der Waals surface area contributed by atoms with Gasteiger partial charge in [0.05, 0.1) is 13.1 Å². The van der Waals surface area contributed by atoms with Gasteiger partial charge in [0.1, 0.15) is 11.4 Å². The molecule has 3 heterocycles. The molecule has 0 atom stereocenters. The minimum atomic E-state index is -0.643. The predicted molar refractivity (Wildman–Crippen MR) is 114 cm³/mol. The third-order valence-corrected chi connectivity index (χ3v) is 6.32. The smallest absolute Gasteiger partial charge is 0.332 e. The lowest BCUT2D eigenvalue weighted by Crippen LogP contribution is -2.44. The zero-order chi connectivity index (χ0) is 20.5. The number of nitrogens with two attached hydrogens (primary N) is 1. The molecule has 0 aliphatic carbocycles. The molecule has 0 spiro atoms. The summed E-state index contributed by atoms with van der Waals surface area (Å²) in [6, 6.07) is 11.4. The molecule has 4 rings (SSSR count). The highest BCUT2D eigenvalue weighted by atomic mass is 32.1. The molecule has 2 N–H and O–H groups in total. The number of carbonyl (C=O) groups excluding carboxylic acids is 1. The fourth-order valence-corrected chi connectivity index (χ4v) is 4.58. The summed E-state index contributed by atoms with van der Waals surface area (Å²) in [4.78, 5) is 41.7. The fourth-order valence-electron chi connectivity index (χ4n) is 3.69. The molecular weight excluding hydrogens is 388 g/mol. The van der Waals surface area contributed by atoms with Gasteiger partial charge in [0.2, 0.25) is 0 Å². The van der Waals surface area contributed by atoms with E-state index in [0.29, 0.717) is 6.54 Å². The summed E-state index contributed by atoms with van der Waals surface area (Å²) >= 11 is 1.73.